The van der Waals surface area contributed by atoms with Crippen LogP contribution in [0.1, 0.15) is 13.3 Å². The molecule has 0 heterocycles. The summed E-state index contributed by atoms with van der Waals surface area (Å²) < 4.78 is 4.03. The zero-order valence-electron chi connectivity index (χ0n) is 5.31. The number of hydrogen-bond acceptors (Lipinski definition) is 4. The van der Waals surface area contributed by atoms with Crippen LogP contribution in [0.3, 0.4) is 0 Å². The van der Waals surface area contributed by atoms with E-state index in [1.165, 1.54) is 6.92 Å². The van der Waals surface area contributed by atoms with Crippen molar-refractivity contribution in [1.82, 2.24) is 0 Å². The van der Waals surface area contributed by atoms with E-state index in [9.17, 15) is 9.59 Å². The molecule has 5 heteroatoms. The molecule has 0 atom stereocenters. The molecule has 0 aromatic heterocycles. The van der Waals surface area contributed by atoms with Crippen molar-refractivity contribution in [2.45, 2.75) is 13.3 Å². The van der Waals surface area contributed by atoms with Crippen LogP contribution in [0.15, 0.2) is 0 Å². The lowest BCUT2D eigenvalue weighted by Gasteiger charge is -1.95. The van der Waals surface area contributed by atoms with E-state index in [0.29, 0.717) is 0 Å². The van der Waals surface area contributed by atoms with Crippen LogP contribution in [0, 0.1) is 5.41 Å². The molecule has 56 valence electrons. The molecular weight excluding hydrogens is 158 g/mol. The van der Waals surface area contributed by atoms with E-state index in [1.807, 2.05) is 0 Å². The van der Waals surface area contributed by atoms with Gasteiger partial charge in [0.15, 0.2) is 0 Å². The number of halogens is 1. The summed E-state index contributed by atoms with van der Waals surface area (Å²) in [6, 6.07) is 0. The van der Waals surface area contributed by atoms with Crippen LogP contribution in [-0.4, -0.2) is 17.1 Å². The maximum absolute atomic E-state index is 10.3. The van der Waals surface area contributed by atoms with Crippen molar-refractivity contribution in [3.8, 4) is 0 Å². The van der Waals surface area contributed by atoms with Crippen LogP contribution >= 0.6 is 11.6 Å². The number of nitrogens with one attached hydrogen (secondary N) is 1. The molecular formula is C5H6ClNO3. The van der Waals surface area contributed by atoms with E-state index in [0.717, 1.165) is 0 Å². The minimum Gasteiger partial charge on any atom is -0.388 e. The second-order valence-corrected chi connectivity index (χ2v) is 1.81. The summed E-state index contributed by atoms with van der Waals surface area (Å²) in [7, 11) is 0. The van der Waals surface area contributed by atoms with Crippen molar-refractivity contribution in [2.75, 3.05) is 0 Å². The Morgan fingerprint density at radius 2 is 2.10 bits per heavy atom. The smallest absolute Gasteiger partial charge is 0.375 e. The Labute approximate surface area is 62.6 Å². The number of carbonyl (C=O) groups excluding carboxylic acids is 2. The standard InChI is InChI=1S/C5H6ClNO3/c1-2-3(8)10-5(9)4(6)7/h7H,2H2,1H3. The molecule has 0 rings (SSSR count). The van der Waals surface area contributed by atoms with Gasteiger partial charge in [0.25, 0.3) is 0 Å². The Morgan fingerprint density at radius 1 is 1.60 bits per heavy atom. The maximum Gasteiger partial charge on any atom is 0.375 e. The molecule has 0 spiro atoms. The first kappa shape index (κ1) is 9.10. The number of ether oxygens (including phenoxy) is 1. The molecule has 0 bridgehead atoms. The highest BCUT2D eigenvalue weighted by Crippen LogP contribution is 1.90. The summed E-state index contributed by atoms with van der Waals surface area (Å²) in [6.07, 6.45) is 0.0932. The van der Waals surface area contributed by atoms with Crippen molar-refractivity contribution in [3.05, 3.63) is 0 Å². The van der Waals surface area contributed by atoms with Gasteiger partial charge in [-0.3, -0.25) is 10.2 Å². The summed E-state index contributed by atoms with van der Waals surface area (Å²) in [5.74, 6) is -1.79. The van der Waals surface area contributed by atoms with Crippen molar-refractivity contribution in [3.63, 3.8) is 0 Å². The van der Waals surface area contributed by atoms with Gasteiger partial charge in [0.1, 0.15) is 0 Å². The molecule has 0 saturated carbocycles. The van der Waals surface area contributed by atoms with Crippen LogP contribution in [0.25, 0.3) is 0 Å². The van der Waals surface area contributed by atoms with E-state index < -0.39 is 17.1 Å². The summed E-state index contributed by atoms with van der Waals surface area (Å²) in [6.45, 7) is 1.54. The SMILES string of the molecule is CCC(=O)OC(=O)C(=N)Cl. The van der Waals surface area contributed by atoms with E-state index in [1.54, 1.807) is 0 Å². The third-order valence-corrected chi connectivity index (χ3v) is 0.829. The number of carbonyl (C=O) groups is 2. The predicted molar refractivity (Wildman–Crippen MR) is 35.0 cm³/mol. The first-order chi connectivity index (χ1) is 4.57. The number of rotatable bonds is 2. The second-order valence-electron chi connectivity index (χ2n) is 1.43. The molecule has 0 aliphatic heterocycles. The third kappa shape index (κ3) is 3.19. The van der Waals surface area contributed by atoms with Gasteiger partial charge in [0.05, 0.1) is 0 Å². The topological polar surface area (TPSA) is 67.2 Å². The highest BCUT2D eigenvalue weighted by Gasteiger charge is 2.11. The van der Waals surface area contributed by atoms with Gasteiger partial charge in [0, 0.05) is 6.42 Å². The molecule has 4 nitrogen and oxygen atoms in total. The second kappa shape index (κ2) is 4.00. The molecule has 0 saturated heterocycles. The normalized spacial score (nSPS) is 8.60. The minimum absolute atomic E-state index is 0.0932. The molecule has 0 aromatic carbocycles. The number of esters is 2. The third-order valence-electron chi connectivity index (χ3n) is 0.674. The lowest BCUT2D eigenvalue weighted by molar-refractivity contribution is -0.154. The molecule has 0 aliphatic carbocycles. The summed E-state index contributed by atoms with van der Waals surface area (Å²) in [5.41, 5.74) is 0. The average Bonchev–Trinajstić information content (AvgIpc) is 1.87. The Kier molecular flexibility index (Phi) is 3.64. The van der Waals surface area contributed by atoms with Crippen molar-refractivity contribution in [1.29, 1.82) is 5.41 Å². The highest BCUT2D eigenvalue weighted by molar-refractivity contribution is 6.81. The molecule has 0 unspecified atom stereocenters. The zero-order chi connectivity index (χ0) is 8.15. The maximum atomic E-state index is 10.3. The first-order valence-electron chi connectivity index (χ1n) is 2.57. The predicted octanol–water partition coefficient (Wildman–Crippen LogP) is 0.682. The largest absolute Gasteiger partial charge is 0.388 e. The van der Waals surface area contributed by atoms with Gasteiger partial charge in [-0.25, -0.2) is 4.79 Å². The van der Waals surface area contributed by atoms with Gasteiger partial charge < -0.3 is 4.74 Å². The Hall–Kier alpha value is -0.900. The summed E-state index contributed by atoms with van der Waals surface area (Å²) >= 11 is 4.89. The van der Waals surface area contributed by atoms with Gasteiger partial charge in [-0.1, -0.05) is 18.5 Å². The fourth-order valence-electron chi connectivity index (χ4n) is 0.220. The van der Waals surface area contributed by atoms with Crippen molar-refractivity contribution >= 4 is 28.7 Å². The fraction of sp³-hybridized carbons (Fsp3) is 0.400. The van der Waals surface area contributed by atoms with Crippen LogP contribution in [-0.2, 0) is 14.3 Å². The van der Waals surface area contributed by atoms with Crippen molar-refractivity contribution in [2.24, 2.45) is 0 Å². The Balaban J connectivity index is 3.80. The molecule has 0 aromatic rings. The molecule has 10 heavy (non-hydrogen) atoms. The van der Waals surface area contributed by atoms with Crippen LogP contribution in [0.4, 0.5) is 0 Å². The lowest BCUT2D eigenvalue weighted by Crippen LogP contribution is -2.15. The van der Waals surface area contributed by atoms with Gasteiger partial charge >= 0.3 is 11.9 Å². The Morgan fingerprint density at radius 3 is 2.40 bits per heavy atom. The fourth-order valence-corrected chi connectivity index (χ4v) is 0.259. The quantitative estimate of drug-likeness (QED) is 0.370. The number of hydrogen-bond donors (Lipinski definition) is 1. The van der Waals surface area contributed by atoms with Crippen LogP contribution < -0.4 is 0 Å². The molecule has 0 radical (unpaired) electrons. The monoisotopic (exact) mass is 163 g/mol. The molecule has 1 N–H and O–H groups in total. The van der Waals surface area contributed by atoms with Gasteiger partial charge in [-0.05, 0) is 0 Å². The average molecular weight is 164 g/mol. The zero-order valence-corrected chi connectivity index (χ0v) is 6.07. The lowest BCUT2D eigenvalue weighted by atomic mass is 10.5. The summed E-state index contributed by atoms with van der Waals surface area (Å²) in [5, 5.41) is 5.72. The minimum atomic E-state index is -1.10. The Bertz CT molecular complexity index is 178. The van der Waals surface area contributed by atoms with Crippen molar-refractivity contribution < 1.29 is 14.3 Å². The van der Waals surface area contributed by atoms with E-state index in [-0.39, 0.29) is 6.42 Å². The van der Waals surface area contributed by atoms with Gasteiger partial charge in [0.2, 0.25) is 5.17 Å². The van der Waals surface area contributed by atoms with E-state index in [4.69, 9.17) is 17.0 Å². The van der Waals surface area contributed by atoms with Gasteiger partial charge in [-0.2, -0.15) is 0 Å². The van der Waals surface area contributed by atoms with Crippen LogP contribution in [0.5, 0.6) is 0 Å². The van der Waals surface area contributed by atoms with Crippen LogP contribution in [0.2, 0.25) is 0 Å². The highest BCUT2D eigenvalue weighted by atomic mass is 35.5. The molecule has 0 fully saturated rings. The molecule has 0 amide bonds. The van der Waals surface area contributed by atoms with E-state index >= 15 is 0 Å². The summed E-state index contributed by atoms with van der Waals surface area (Å²) in [4.78, 5) is 20.6. The van der Waals surface area contributed by atoms with E-state index in [2.05, 4.69) is 4.74 Å². The first-order valence-corrected chi connectivity index (χ1v) is 2.94. The van der Waals surface area contributed by atoms with Gasteiger partial charge in [-0.15, -0.1) is 0 Å². The molecule has 0 aliphatic rings.